The number of hydrogen-bond donors (Lipinski definition) is 0. The Hall–Kier alpha value is -1.52. The topological polar surface area (TPSA) is 52.6 Å². The maximum atomic E-state index is 11.8. The minimum absolute atomic E-state index is 0.152. The van der Waals surface area contributed by atoms with Crippen molar-refractivity contribution in [3.8, 4) is 0 Å². The zero-order valence-corrected chi connectivity index (χ0v) is 12.6. The summed E-state index contributed by atoms with van der Waals surface area (Å²) < 4.78 is 9.66. The molecule has 0 heterocycles. The Morgan fingerprint density at radius 3 is 2.15 bits per heavy atom. The second-order valence-electron chi connectivity index (χ2n) is 3.66. The van der Waals surface area contributed by atoms with Crippen molar-refractivity contribution in [2.45, 2.75) is 13.8 Å². The van der Waals surface area contributed by atoms with Crippen LogP contribution in [-0.2, 0) is 19.1 Å². The minimum atomic E-state index is -0.762. The summed E-state index contributed by atoms with van der Waals surface area (Å²) in [5.41, 5.74) is 0.216. The van der Waals surface area contributed by atoms with Gasteiger partial charge in [-0.2, -0.15) is 0 Å². The Balaban J connectivity index is 3.21. The highest BCUT2D eigenvalue weighted by Gasteiger charge is 2.21. The maximum absolute atomic E-state index is 11.8. The summed E-state index contributed by atoms with van der Waals surface area (Å²) >= 11 is 11.9. The molecule has 108 valence electrons. The highest BCUT2D eigenvalue weighted by Crippen LogP contribution is 2.23. The Morgan fingerprint density at radius 1 is 1.10 bits per heavy atom. The van der Waals surface area contributed by atoms with Crippen molar-refractivity contribution in [3.05, 3.63) is 39.4 Å². The van der Waals surface area contributed by atoms with Crippen LogP contribution in [0.1, 0.15) is 19.4 Å². The third-order valence-electron chi connectivity index (χ3n) is 2.25. The van der Waals surface area contributed by atoms with Crippen LogP contribution in [0.2, 0.25) is 10.0 Å². The van der Waals surface area contributed by atoms with Crippen LogP contribution in [0.4, 0.5) is 0 Å². The number of halogens is 2. The predicted octanol–water partition coefficient (Wildman–Crippen LogP) is 3.50. The first kappa shape index (κ1) is 16.5. The molecule has 1 aromatic rings. The van der Waals surface area contributed by atoms with Gasteiger partial charge in [0.05, 0.1) is 13.2 Å². The fourth-order valence-corrected chi connectivity index (χ4v) is 1.75. The Kier molecular flexibility index (Phi) is 6.55. The first-order chi connectivity index (χ1) is 9.49. The molecule has 4 nitrogen and oxygen atoms in total. The molecule has 0 unspecified atom stereocenters. The van der Waals surface area contributed by atoms with Gasteiger partial charge in [0.25, 0.3) is 0 Å². The molecule has 1 rings (SSSR count). The van der Waals surface area contributed by atoms with Gasteiger partial charge in [-0.25, -0.2) is 9.59 Å². The summed E-state index contributed by atoms with van der Waals surface area (Å²) in [6.45, 7) is 3.60. The second-order valence-corrected chi connectivity index (χ2v) is 4.51. The number of rotatable bonds is 5. The van der Waals surface area contributed by atoms with Gasteiger partial charge in [0.15, 0.2) is 0 Å². The molecule has 0 saturated carbocycles. The molecule has 0 atom stereocenters. The van der Waals surface area contributed by atoms with Gasteiger partial charge >= 0.3 is 11.9 Å². The lowest BCUT2D eigenvalue weighted by molar-refractivity contribution is -0.146. The van der Waals surface area contributed by atoms with E-state index in [2.05, 4.69) is 0 Å². The highest BCUT2D eigenvalue weighted by molar-refractivity contribution is 6.34. The molecule has 0 aliphatic heterocycles. The molecule has 0 saturated heterocycles. The van der Waals surface area contributed by atoms with Crippen LogP contribution in [0.3, 0.4) is 0 Å². The van der Waals surface area contributed by atoms with E-state index in [-0.39, 0.29) is 18.8 Å². The van der Waals surface area contributed by atoms with Crippen molar-refractivity contribution in [2.24, 2.45) is 0 Å². The van der Waals surface area contributed by atoms with E-state index in [1.165, 1.54) is 6.08 Å². The fraction of sp³-hybridized carbons (Fsp3) is 0.286. The standard InChI is InChI=1S/C14H14Cl2O4/c1-3-19-13(17)11(14(18)20-4-2)8-9-7-10(15)5-6-12(9)16/h5-8H,3-4H2,1-2H3. The Morgan fingerprint density at radius 2 is 1.65 bits per heavy atom. The van der Waals surface area contributed by atoms with Crippen molar-refractivity contribution < 1.29 is 19.1 Å². The van der Waals surface area contributed by atoms with Crippen molar-refractivity contribution in [1.29, 1.82) is 0 Å². The van der Waals surface area contributed by atoms with E-state index in [0.717, 1.165) is 0 Å². The van der Waals surface area contributed by atoms with E-state index in [1.54, 1.807) is 32.0 Å². The number of hydrogen-bond acceptors (Lipinski definition) is 4. The normalized spacial score (nSPS) is 9.80. The van der Waals surface area contributed by atoms with Crippen molar-refractivity contribution in [1.82, 2.24) is 0 Å². The molecule has 20 heavy (non-hydrogen) atoms. The van der Waals surface area contributed by atoms with Gasteiger partial charge in [0, 0.05) is 10.0 Å². The molecular weight excluding hydrogens is 303 g/mol. The summed E-state index contributed by atoms with van der Waals surface area (Å²) in [5, 5.41) is 0.799. The average molecular weight is 317 g/mol. The van der Waals surface area contributed by atoms with Crippen LogP contribution in [-0.4, -0.2) is 25.2 Å². The van der Waals surface area contributed by atoms with Crippen LogP contribution in [0.5, 0.6) is 0 Å². The molecule has 0 N–H and O–H groups in total. The van der Waals surface area contributed by atoms with Gasteiger partial charge in [-0.3, -0.25) is 0 Å². The van der Waals surface area contributed by atoms with Crippen molar-refractivity contribution in [3.63, 3.8) is 0 Å². The van der Waals surface area contributed by atoms with E-state index in [4.69, 9.17) is 32.7 Å². The van der Waals surface area contributed by atoms with E-state index >= 15 is 0 Å². The second kappa shape index (κ2) is 7.92. The molecule has 0 aliphatic carbocycles. The molecule has 6 heteroatoms. The first-order valence-electron chi connectivity index (χ1n) is 6.00. The van der Waals surface area contributed by atoms with E-state index < -0.39 is 11.9 Å². The molecule has 1 aromatic carbocycles. The lowest BCUT2D eigenvalue weighted by Crippen LogP contribution is -2.18. The fourth-order valence-electron chi connectivity index (χ4n) is 1.40. The summed E-state index contributed by atoms with van der Waals surface area (Å²) in [7, 11) is 0. The number of esters is 2. The van der Waals surface area contributed by atoms with Crippen molar-refractivity contribution in [2.75, 3.05) is 13.2 Å². The van der Waals surface area contributed by atoms with Gasteiger partial charge in [-0.05, 0) is 43.7 Å². The van der Waals surface area contributed by atoms with Gasteiger partial charge in [0.2, 0.25) is 0 Å². The van der Waals surface area contributed by atoms with Crippen LogP contribution in [0.25, 0.3) is 6.08 Å². The molecule has 0 radical (unpaired) electrons. The summed E-state index contributed by atoms with van der Waals surface area (Å²) in [5.74, 6) is -1.52. The molecule has 0 amide bonds. The lowest BCUT2D eigenvalue weighted by atomic mass is 10.1. The summed E-state index contributed by atoms with van der Waals surface area (Å²) in [6.07, 6.45) is 1.31. The highest BCUT2D eigenvalue weighted by atomic mass is 35.5. The monoisotopic (exact) mass is 316 g/mol. The summed E-state index contributed by atoms with van der Waals surface area (Å²) in [4.78, 5) is 23.6. The number of benzene rings is 1. The van der Waals surface area contributed by atoms with Crippen LogP contribution in [0.15, 0.2) is 23.8 Å². The molecule has 0 aliphatic rings. The summed E-state index contributed by atoms with van der Waals surface area (Å²) in [6, 6.07) is 4.72. The Bertz CT molecular complexity index is 518. The molecule has 0 bridgehead atoms. The third kappa shape index (κ3) is 4.54. The molecule has 0 spiro atoms. The smallest absolute Gasteiger partial charge is 0.345 e. The number of carbonyl (C=O) groups excluding carboxylic acids is 2. The molecule has 0 fully saturated rings. The van der Waals surface area contributed by atoms with Crippen molar-refractivity contribution >= 4 is 41.2 Å². The average Bonchev–Trinajstić information content (AvgIpc) is 2.40. The third-order valence-corrected chi connectivity index (χ3v) is 2.83. The minimum Gasteiger partial charge on any atom is -0.462 e. The van der Waals surface area contributed by atoms with Gasteiger partial charge in [-0.1, -0.05) is 23.2 Å². The van der Waals surface area contributed by atoms with Crippen LogP contribution in [0, 0.1) is 0 Å². The SMILES string of the molecule is CCOC(=O)C(=Cc1cc(Cl)ccc1Cl)C(=O)OCC. The van der Waals surface area contributed by atoms with E-state index in [0.29, 0.717) is 15.6 Å². The van der Waals surface area contributed by atoms with Gasteiger partial charge in [0.1, 0.15) is 5.57 Å². The largest absolute Gasteiger partial charge is 0.462 e. The zero-order chi connectivity index (χ0) is 15.1. The lowest BCUT2D eigenvalue weighted by Gasteiger charge is -2.07. The van der Waals surface area contributed by atoms with Crippen LogP contribution < -0.4 is 0 Å². The van der Waals surface area contributed by atoms with Gasteiger partial charge < -0.3 is 9.47 Å². The Labute approximate surface area is 127 Å². The zero-order valence-electron chi connectivity index (χ0n) is 11.1. The first-order valence-corrected chi connectivity index (χ1v) is 6.76. The maximum Gasteiger partial charge on any atom is 0.345 e. The predicted molar refractivity (Wildman–Crippen MR) is 77.7 cm³/mol. The van der Waals surface area contributed by atoms with Crippen LogP contribution >= 0.6 is 23.2 Å². The quantitative estimate of drug-likeness (QED) is 0.361. The van der Waals surface area contributed by atoms with E-state index in [1.807, 2.05) is 0 Å². The number of ether oxygens (including phenoxy) is 2. The number of carbonyl (C=O) groups is 2. The molecule has 0 aromatic heterocycles. The molecular formula is C14H14Cl2O4. The van der Waals surface area contributed by atoms with E-state index in [9.17, 15) is 9.59 Å². The van der Waals surface area contributed by atoms with Gasteiger partial charge in [-0.15, -0.1) is 0 Å².